The first-order chi connectivity index (χ1) is 8.00. The van der Waals surface area contributed by atoms with Crippen molar-refractivity contribution >= 4 is 35.6 Å². The molecular weight excluding hydrogens is 296 g/mol. The smallest absolute Gasteiger partial charge is 0.123 e. The molecule has 6 heteroatoms. The fourth-order valence-electron chi connectivity index (χ4n) is 2.15. The average molecular weight is 313 g/mol. The van der Waals surface area contributed by atoms with Crippen LogP contribution in [0.2, 0.25) is 10.0 Å². The Kier molecular flexibility index (Phi) is 5.56. The van der Waals surface area contributed by atoms with Crippen LogP contribution < -0.4 is 5.73 Å². The molecule has 1 aromatic rings. The number of aromatic hydroxyl groups is 1. The van der Waals surface area contributed by atoms with Gasteiger partial charge in [-0.1, -0.05) is 29.6 Å². The average Bonchev–Trinajstić information content (AvgIpc) is 2.12. The molecule has 0 aliphatic heterocycles. The first-order valence-electron chi connectivity index (χ1n) is 5.62. The van der Waals surface area contributed by atoms with E-state index in [1.165, 1.54) is 12.1 Å². The van der Waals surface area contributed by atoms with Crippen molar-refractivity contribution < 1.29 is 10.2 Å². The standard InChI is InChI=1S/C12H15Cl2NO2.ClH/c13-7-4-8(14)10(9(16)5-7)11(15)12(17)6-2-1-3-6;/h4-6,11-12,16-17H,1-3,15H2;1H/t11-,12+;/m0./s1. The van der Waals surface area contributed by atoms with Crippen LogP contribution in [0.4, 0.5) is 0 Å². The van der Waals surface area contributed by atoms with Crippen LogP contribution in [0.3, 0.4) is 0 Å². The first-order valence-corrected chi connectivity index (χ1v) is 6.38. The third-order valence-electron chi connectivity index (χ3n) is 3.41. The van der Waals surface area contributed by atoms with Gasteiger partial charge in [-0.25, -0.2) is 0 Å². The highest BCUT2D eigenvalue weighted by Crippen LogP contribution is 2.40. The molecule has 18 heavy (non-hydrogen) atoms. The number of rotatable bonds is 3. The summed E-state index contributed by atoms with van der Waals surface area (Å²) >= 11 is 11.8. The summed E-state index contributed by atoms with van der Waals surface area (Å²) in [5, 5.41) is 20.5. The molecule has 0 spiro atoms. The van der Waals surface area contributed by atoms with E-state index in [2.05, 4.69) is 0 Å². The second-order valence-corrected chi connectivity index (χ2v) is 5.37. The Hall–Kier alpha value is -0.190. The van der Waals surface area contributed by atoms with Crippen molar-refractivity contribution in [1.82, 2.24) is 0 Å². The molecule has 4 N–H and O–H groups in total. The summed E-state index contributed by atoms with van der Waals surface area (Å²) in [6.07, 6.45) is 2.39. The molecule has 0 bridgehead atoms. The largest absolute Gasteiger partial charge is 0.507 e. The lowest BCUT2D eigenvalue weighted by atomic mass is 9.77. The highest BCUT2D eigenvalue weighted by molar-refractivity contribution is 6.35. The van der Waals surface area contributed by atoms with Gasteiger partial charge < -0.3 is 15.9 Å². The third-order valence-corrected chi connectivity index (χ3v) is 3.94. The molecule has 2 rings (SSSR count). The predicted molar refractivity (Wildman–Crippen MR) is 75.7 cm³/mol. The fourth-order valence-corrected chi connectivity index (χ4v) is 2.76. The summed E-state index contributed by atoms with van der Waals surface area (Å²) in [6, 6.07) is 2.23. The van der Waals surface area contributed by atoms with Crippen LogP contribution in [-0.2, 0) is 0 Å². The van der Waals surface area contributed by atoms with Gasteiger partial charge in [-0.3, -0.25) is 0 Å². The maximum Gasteiger partial charge on any atom is 0.123 e. The van der Waals surface area contributed by atoms with Gasteiger partial charge in [-0.15, -0.1) is 12.4 Å². The van der Waals surface area contributed by atoms with E-state index in [-0.39, 0.29) is 24.1 Å². The first kappa shape index (κ1) is 15.9. The molecule has 0 heterocycles. The molecule has 3 nitrogen and oxygen atoms in total. The maximum atomic E-state index is 10.1. The molecule has 0 amide bonds. The van der Waals surface area contributed by atoms with Crippen LogP contribution in [0, 0.1) is 5.92 Å². The van der Waals surface area contributed by atoms with E-state index in [0.29, 0.717) is 15.6 Å². The summed E-state index contributed by atoms with van der Waals surface area (Å²) in [5.74, 6) is 0.143. The number of phenols is 1. The second-order valence-electron chi connectivity index (χ2n) is 4.53. The number of hydrogen-bond acceptors (Lipinski definition) is 3. The van der Waals surface area contributed by atoms with Gasteiger partial charge in [0.1, 0.15) is 5.75 Å². The van der Waals surface area contributed by atoms with Crippen LogP contribution in [0.5, 0.6) is 5.75 Å². The molecule has 2 atom stereocenters. The zero-order valence-corrected chi connectivity index (χ0v) is 12.0. The lowest BCUT2D eigenvalue weighted by molar-refractivity contribution is 0.0408. The van der Waals surface area contributed by atoms with Crippen molar-refractivity contribution in [3.63, 3.8) is 0 Å². The molecular formula is C12H16Cl3NO2. The van der Waals surface area contributed by atoms with E-state index in [9.17, 15) is 10.2 Å². The van der Waals surface area contributed by atoms with Crippen molar-refractivity contribution in [3.05, 3.63) is 27.7 Å². The SMILES string of the molecule is Cl.N[C@@H](c1c(O)cc(Cl)cc1Cl)[C@H](O)C1CCC1. The Labute approximate surface area is 122 Å². The van der Waals surface area contributed by atoms with Gasteiger partial charge in [0.05, 0.1) is 17.2 Å². The molecule has 1 aromatic carbocycles. The Morgan fingerprint density at radius 2 is 1.89 bits per heavy atom. The lowest BCUT2D eigenvalue weighted by Crippen LogP contribution is -2.36. The van der Waals surface area contributed by atoms with Crippen LogP contribution in [-0.4, -0.2) is 16.3 Å². The van der Waals surface area contributed by atoms with E-state index in [4.69, 9.17) is 28.9 Å². The van der Waals surface area contributed by atoms with E-state index in [1.807, 2.05) is 0 Å². The number of aliphatic hydroxyl groups is 1. The summed E-state index contributed by atoms with van der Waals surface area (Å²) in [7, 11) is 0. The Balaban J connectivity index is 0.00000162. The van der Waals surface area contributed by atoms with E-state index < -0.39 is 12.1 Å². The second kappa shape index (κ2) is 6.31. The van der Waals surface area contributed by atoms with Gasteiger partial charge in [0.15, 0.2) is 0 Å². The molecule has 0 saturated heterocycles. The molecule has 1 fully saturated rings. The summed E-state index contributed by atoms with van der Waals surface area (Å²) in [4.78, 5) is 0. The molecule has 0 unspecified atom stereocenters. The monoisotopic (exact) mass is 311 g/mol. The Bertz CT molecular complexity index is 401. The highest BCUT2D eigenvalue weighted by atomic mass is 35.5. The van der Waals surface area contributed by atoms with Crippen LogP contribution in [0.25, 0.3) is 0 Å². The number of phenolic OH excluding ortho intramolecular Hbond substituents is 1. The van der Waals surface area contributed by atoms with Crippen LogP contribution in [0.1, 0.15) is 30.9 Å². The minimum absolute atomic E-state index is 0. The minimum atomic E-state index is -0.676. The van der Waals surface area contributed by atoms with Crippen molar-refractivity contribution in [1.29, 1.82) is 0 Å². The topological polar surface area (TPSA) is 66.5 Å². The van der Waals surface area contributed by atoms with E-state index >= 15 is 0 Å². The van der Waals surface area contributed by atoms with E-state index in [0.717, 1.165) is 19.3 Å². The number of aliphatic hydroxyl groups excluding tert-OH is 1. The molecule has 102 valence electrons. The molecule has 1 aliphatic carbocycles. The molecule has 1 saturated carbocycles. The number of halogens is 3. The van der Waals surface area contributed by atoms with Gasteiger partial charge in [-0.05, 0) is 30.9 Å². The third kappa shape index (κ3) is 3.03. The zero-order valence-electron chi connectivity index (χ0n) is 9.64. The quantitative estimate of drug-likeness (QED) is 0.802. The maximum absolute atomic E-state index is 10.1. The molecule has 1 aliphatic rings. The molecule has 0 aromatic heterocycles. The Morgan fingerprint density at radius 3 is 2.33 bits per heavy atom. The fraction of sp³-hybridized carbons (Fsp3) is 0.500. The van der Waals surface area contributed by atoms with Crippen molar-refractivity contribution in [3.8, 4) is 5.75 Å². The van der Waals surface area contributed by atoms with Crippen LogP contribution >= 0.6 is 35.6 Å². The molecule has 0 radical (unpaired) electrons. The summed E-state index contributed by atoms with van der Waals surface area (Å²) < 4.78 is 0. The predicted octanol–water partition coefficient (Wildman–Crippen LogP) is 3.28. The lowest BCUT2D eigenvalue weighted by Gasteiger charge is -2.34. The number of hydrogen-bond donors (Lipinski definition) is 3. The summed E-state index contributed by atoms with van der Waals surface area (Å²) in [5.41, 5.74) is 6.33. The van der Waals surface area contributed by atoms with Gasteiger partial charge in [0, 0.05) is 10.6 Å². The summed E-state index contributed by atoms with van der Waals surface area (Å²) in [6.45, 7) is 0. The Morgan fingerprint density at radius 1 is 1.28 bits per heavy atom. The van der Waals surface area contributed by atoms with Crippen molar-refractivity contribution in [2.45, 2.75) is 31.4 Å². The van der Waals surface area contributed by atoms with Gasteiger partial charge in [0.25, 0.3) is 0 Å². The van der Waals surface area contributed by atoms with Gasteiger partial charge in [0.2, 0.25) is 0 Å². The highest BCUT2D eigenvalue weighted by Gasteiger charge is 2.32. The van der Waals surface area contributed by atoms with E-state index in [1.54, 1.807) is 0 Å². The number of benzene rings is 1. The van der Waals surface area contributed by atoms with Crippen molar-refractivity contribution in [2.75, 3.05) is 0 Å². The zero-order chi connectivity index (χ0) is 12.6. The normalized spacial score (nSPS) is 18.7. The van der Waals surface area contributed by atoms with Gasteiger partial charge >= 0.3 is 0 Å². The number of nitrogens with two attached hydrogens (primary N) is 1. The van der Waals surface area contributed by atoms with Crippen molar-refractivity contribution in [2.24, 2.45) is 11.7 Å². The minimum Gasteiger partial charge on any atom is -0.507 e. The van der Waals surface area contributed by atoms with Crippen LogP contribution in [0.15, 0.2) is 12.1 Å². The van der Waals surface area contributed by atoms with Gasteiger partial charge in [-0.2, -0.15) is 0 Å².